The van der Waals surface area contributed by atoms with Gasteiger partial charge in [0, 0.05) is 18.2 Å². The minimum absolute atomic E-state index is 0.442. The predicted octanol–water partition coefficient (Wildman–Crippen LogP) is 0.721. The highest BCUT2D eigenvalue weighted by molar-refractivity contribution is 8.28. The van der Waals surface area contributed by atoms with Gasteiger partial charge in [-0.15, -0.1) is 11.8 Å². The lowest BCUT2D eigenvalue weighted by atomic mass is 10.2. The molecule has 78 valence electrons. The molecular formula is C6H13NO3S3. The summed E-state index contributed by atoms with van der Waals surface area (Å²) in [7, 11) is -2.36. The fourth-order valence-corrected chi connectivity index (χ4v) is 1.58. The molecule has 0 aromatic rings. The SMILES string of the molecule is CSC(C)(C)C(=O)N(C)S(=O)(O)=S. The van der Waals surface area contributed by atoms with Crippen LogP contribution in [0, 0.1) is 0 Å². The summed E-state index contributed by atoms with van der Waals surface area (Å²) >= 11 is 5.59. The van der Waals surface area contributed by atoms with E-state index in [4.69, 9.17) is 4.55 Å². The minimum Gasteiger partial charge on any atom is -0.290 e. The Hall–Kier alpha value is 0.150. The second-order valence-corrected chi connectivity index (χ2v) is 7.14. The first-order valence-corrected chi connectivity index (χ1v) is 7.06. The first-order valence-electron chi connectivity index (χ1n) is 3.44. The third kappa shape index (κ3) is 3.41. The molecule has 1 amide bonds. The Kier molecular flexibility index (Phi) is 4.17. The van der Waals surface area contributed by atoms with Crippen molar-refractivity contribution in [2.24, 2.45) is 0 Å². The van der Waals surface area contributed by atoms with Crippen molar-refractivity contribution in [1.82, 2.24) is 4.31 Å². The van der Waals surface area contributed by atoms with E-state index >= 15 is 0 Å². The second kappa shape index (κ2) is 4.12. The molecule has 0 spiro atoms. The largest absolute Gasteiger partial charge is 0.290 e. The fraction of sp³-hybridized carbons (Fsp3) is 0.833. The highest BCUT2D eigenvalue weighted by Crippen LogP contribution is 2.24. The first-order chi connectivity index (χ1) is 5.63. The molecule has 0 saturated heterocycles. The van der Waals surface area contributed by atoms with Crippen LogP contribution in [0.4, 0.5) is 0 Å². The third-order valence-electron chi connectivity index (χ3n) is 1.66. The van der Waals surface area contributed by atoms with E-state index in [9.17, 15) is 9.00 Å². The van der Waals surface area contributed by atoms with Crippen LogP contribution in [-0.4, -0.2) is 37.0 Å². The molecule has 0 fully saturated rings. The van der Waals surface area contributed by atoms with Gasteiger partial charge in [0.05, 0.1) is 4.75 Å². The van der Waals surface area contributed by atoms with E-state index in [1.54, 1.807) is 20.1 Å². The van der Waals surface area contributed by atoms with Gasteiger partial charge in [-0.05, 0) is 20.1 Å². The van der Waals surface area contributed by atoms with Crippen LogP contribution in [0.1, 0.15) is 13.8 Å². The number of hydrogen-bond donors (Lipinski definition) is 1. The highest BCUT2D eigenvalue weighted by atomic mass is 32.8. The van der Waals surface area contributed by atoms with Gasteiger partial charge in [-0.25, -0.2) is 8.51 Å². The molecule has 0 heterocycles. The van der Waals surface area contributed by atoms with E-state index in [2.05, 4.69) is 11.2 Å². The van der Waals surface area contributed by atoms with Crippen molar-refractivity contribution >= 4 is 37.8 Å². The number of nitrogens with zero attached hydrogens (tertiary/aromatic N) is 1. The lowest BCUT2D eigenvalue weighted by Crippen LogP contribution is -2.43. The predicted molar refractivity (Wildman–Crippen MR) is 58.5 cm³/mol. The summed E-state index contributed by atoms with van der Waals surface area (Å²) in [6.07, 6.45) is 1.76. The van der Waals surface area contributed by atoms with E-state index in [0.29, 0.717) is 4.31 Å². The quantitative estimate of drug-likeness (QED) is 0.791. The van der Waals surface area contributed by atoms with Crippen LogP contribution in [0.25, 0.3) is 0 Å². The average molecular weight is 243 g/mol. The number of hydrogen-bond acceptors (Lipinski definition) is 4. The summed E-state index contributed by atoms with van der Waals surface area (Å²) < 4.78 is 19.9. The van der Waals surface area contributed by atoms with Gasteiger partial charge in [-0.2, -0.15) is 0 Å². The molecule has 0 aliphatic carbocycles. The summed E-state index contributed by atoms with van der Waals surface area (Å²) in [6, 6.07) is 0. The molecule has 1 atom stereocenters. The maximum atomic E-state index is 11.5. The molecule has 0 saturated carbocycles. The van der Waals surface area contributed by atoms with E-state index in [0.717, 1.165) is 0 Å². The summed E-state index contributed by atoms with van der Waals surface area (Å²) in [5.41, 5.74) is 0. The molecule has 0 bridgehead atoms. The fourth-order valence-electron chi connectivity index (χ4n) is 0.571. The molecule has 13 heavy (non-hydrogen) atoms. The standard InChI is InChI=1S/C6H13NO3S3/c1-6(2,12-4)5(8)7(3)13(9,10)11/h1-4H3,(H,9,10,11). The molecule has 1 unspecified atom stereocenters. The molecule has 0 aliphatic rings. The van der Waals surface area contributed by atoms with Crippen molar-refractivity contribution in [3.05, 3.63) is 0 Å². The molecule has 0 aromatic heterocycles. The van der Waals surface area contributed by atoms with Crippen LogP contribution in [-0.2, 0) is 24.9 Å². The molecule has 0 aromatic carbocycles. The monoisotopic (exact) mass is 243 g/mol. The Labute approximate surface area is 87.7 Å². The molecule has 7 heteroatoms. The van der Waals surface area contributed by atoms with Gasteiger partial charge in [0.25, 0.3) is 5.91 Å². The molecule has 0 rings (SSSR count). The third-order valence-corrected chi connectivity index (χ3v) is 4.38. The van der Waals surface area contributed by atoms with Crippen molar-refractivity contribution in [3.63, 3.8) is 0 Å². The summed E-state index contributed by atoms with van der Waals surface area (Å²) in [4.78, 5) is 11.5. The first kappa shape index (κ1) is 13.2. The van der Waals surface area contributed by atoms with Gasteiger partial charge >= 0.3 is 0 Å². The molecular weight excluding hydrogens is 230 g/mol. The van der Waals surface area contributed by atoms with Crippen LogP contribution in [0.15, 0.2) is 0 Å². The Morgan fingerprint density at radius 2 is 2.00 bits per heavy atom. The van der Waals surface area contributed by atoms with E-state index in [1.807, 2.05) is 0 Å². The van der Waals surface area contributed by atoms with Gasteiger partial charge in [0.1, 0.15) is 0 Å². The van der Waals surface area contributed by atoms with Crippen molar-refractivity contribution < 1.29 is 13.6 Å². The average Bonchev–Trinajstić information content (AvgIpc) is 2.00. The van der Waals surface area contributed by atoms with E-state index in [-0.39, 0.29) is 0 Å². The zero-order chi connectivity index (χ0) is 10.9. The van der Waals surface area contributed by atoms with Gasteiger partial charge in [-0.3, -0.25) is 9.35 Å². The summed E-state index contributed by atoms with van der Waals surface area (Å²) in [5, 5.41) is 0. The summed E-state index contributed by atoms with van der Waals surface area (Å²) in [5.74, 6) is -0.442. The van der Waals surface area contributed by atoms with Crippen molar-refractivity contribution in [2.45, 2.75) is 18.6 Å². The van der Waals surface area contributed by atoms with Gasteiger partial charge in [0.2, 0.25) is 8.96 Å². The highest BCUT2D eigenvalue weighted by Gasteiger charge is 2.32. The van der Waals surface area contributed by atoms with Crippen LogP contribution in [0.2, 0.25) is 0 Å². The maximum absolute atomic E-state index is 11.5. The lowest BCUT2D eigenvalue weighted by molar-refractivity contribution is -0.127. The zero-order valence-electron chi connectivity index (χ0n) is 7.94. The van der Waals surface area contributed by atoms with Gasteiger partial charge in [0.15, 0.2) is 0 Å². The number of carbonyl (C=O) groups is 1. The minimum atomic E-state index is -3.59. The van der Waals surface area contributed by atoms with Crippen molar-refractivity contribution in [1.29, 1.82) is 0 Å². The smallest absolute Gasteiger partial charge is 0.251 e. The maximum Gasteiger partial charge on any atom is 0.251 e. The Morgan fingerprint density at radius 1 is 1.62 bits per heavy atom. The second-order valence-electron chi connectivity index (χ2n) is 2.96. The Bertz CT molecular complexity index is 296. The molecule has 0 radical (unpaired) electrons. The number of rotatable bonds is 3. The topological polar surface area (TPSA) is 57.6 Å². The number of amides is 1. The van der Waals surface area contributed by atoms with Crippen molar-refractivity contribution in [3.8, 4) is 0 Å². The Morgan fingerprint density at radius 3 is 2.23 bits per heavy atom. The molecule has 4 nitrogen and oxygen atoms in total. The Balaban J connectivity index is 4.84. The summed E-state index contributed by atoms with van der Waals surface area (Å²) in [6.45, 7) is 3.36. The normalized spacial score (nSPS) is 16.4. The van der Waals surface area contributed by atoms with Gasteiger partial charge < -0.3 is 0 Å². The van der Waals surface area contributed by atoms with Crippen molar-refractivity contribution in [2.75, 3.05) is 13.3 Å². The number of thioether (sulfide) groups is 1. The van der Waals surface area contributed by atoms with E-state index in [1.165, 1.54) is 18.8 Å². The van der Waals surface area contributed by atoms with E-state index < -0.39 is 19.6 Å². The molecule has 1 N–H and O–H groups in total. The molecule has 0 aliphatic heterocycles. The van der Waals surface area contributed by atoms with Crippen LogP contribution >= 0.6 is 11.8 Å². The van der Waals surface area contributed by atoms with Gasteiger partial charge in [-0.1, -0.05) is 0 Å². The lowest BCUT2D eigenvalue weighted by Gasteiger charge is -2.26. The zero-order valence-corrected chi connectivity index (χ0v) is 10.4. The van der Waals surface area contributed by atoms with Crippen LogP contribution < -0.4 is 0 Å². The van der Waals surface area contributed by atoms with Crippen LogP contribution in [0.3, 0.4) is 0 Å². The number of carbonyl (C=O) groups excluding carboxylic acids is 1. The van der Waals surface area contributed by atoms with Crippen LogP contribution in [0.5, 0.6) is 0 Å².